The fourth-order valence-corrected chi connectivity index (χ4v) is 1.61. The van der Waals surface area contributed by atoms with Crippen LogP contribution in [0.4, 0.5) is 0 Å². The zero-order chi connectivity index (χ0) is 9.68. The Balaban J connectivity index is 2.25. The Bertz CT molecular complexity index is 258. The fourth-order valence-electron chi connectivity index (χ4n) is 0.972. The van der Waals surface area contributed by atoms with Crippen LogP contribution in [-0.2, 0) is 6.54 Å². The van der Waals surface area contributed by atoms with Gasteiger partial charge in [-0.3, -0.25) is 0 Å². The molecule has 72 valence electrons. The normalized spacial score (nSPS) is 10.6. The SMILES string of the molecule is CN(CCC(N)=S)Cc1cscn1. The zero-order valence-electron chi connectivity index (χ0n) is 7.56. The van der Waals surface area contributed by atoms with E-state index in [2.05, 4.69) is 15.3 Å². The summed E-state index contributed by atoms with van der Waals surface area (Å²) in [7, 11) is 2.04. The highest BCUT2D eigenvalue weighted by molar-refractivity contribution is 7.80. The van der Waals surface area contributed by atoms with Crippen molar-refractivity contribution >= 4 is 28.5 Å². The van der Waals surface area contributed by atoms with Crippen molar-refractivity contribution < 1.29 is 0 Å². The third-order valence-corrected chi connectivity index (χ3v) is 2.49. The number of thiocarbonyl (C=S) groups is 1. The van der Waals surface area contributed by atoms with Crippen molar-refractivity contribution in [1.29, 1.82) is 0 Å². The highest BCUT2D eigenvalue weighted by Gasteiger charge is 2.01. The maximum atomic E-state index is 5.41. The molecule has 0 aliphatic carbocycles. The van der Waals surface area contributed by atoms with Crippen LogP contribution in [-0.4, -0.2) is 28.5 Å². The molecule has 0 saturated heterocycles. The lowest BCUT2D eigenvalue weighted by atomic mass is 10.3. The van der Waals surface area contributed by atoms with E-state index >= 15 is 0 Å². The lowest BCUT2D eigenvalue weighted by molar-refractivity contribution is 0.334. The first kappa shape index (κ1) is 10.6. The molecule has 13 heavy (non-hydrogen) atoms. The van der Waals surface area contributed by atoms with Gasteiger partial charge in [-0.15, -0.1) is 11.3 Å². The summed E-state index contributed by atoms with van der Waals surface area (Å²) in [5.74, 6) is 0. The van der Waals surface area contributed by atoms with E-state index in [4.69, 9.17) is 18.0 Å². The molecular formula is C8H13N3S2. The number of nitrogens with two attached hydrogens (primary N) is 1. The molecular weight excluding hydrogens is 202 g/mol. The first-order chi connectivity index (χ1) is 6.18. The Morgan fingerprint density at radius 1 is 1.77 bits per heavy atom. The molecule has 1 aromatic heterocycles. The number of hydrogen-bond acceptors (Lipinski definition) is 4. The summed E-state index contributed by atoms with van der Waals surface area (Å²) >= 11 is 6.42. The molecule has 0 aliphatic heterocycles. The average Bonchev–Trinajstić information content (AvgIpc) is 2.53. The number of rotatable bonds is 5. The summed E-state index contributed by atoms with van der Waals surface area (Å²) in [6.45, 7) is 1.76. The molecule has 1 aromatic rings. The van der Waals surface area contributed by atoms with Crippen molar-refractivity contribution in [3.8, 4) is 0 Å². The number of hydrogen-bond donors (Lipinski definition) is 1. The largest absolute Gasteiger partial charge is 0.393 e. The number of nitrogens with zero attached hydrogens (tertiary/aromatic N) is 2. The lowest BCUT2D eigenvalue weighted by Gasteiger charge is -2.14. The van der Waals surface area contributed by atoms with Gasteiger partial charge in [0.05, 0.1) is 16.2 Å². The van der Waals surface area contributed by atoms with E-state index in [0.29, 0.717) is 4.99 Å². The first-order valence-electron chi connectivity index (χ1n) is 4.02. The van der Waals surface area contributed by atoms with Crippen molar-refractivity contribution in [2.45, 2.75) is 13.0 Å². The molecule has 1 heterocycles. The van der Waals surface area contributed by atoms with E-state index in [1.165, 1.54) is 0 Å². The first-order valence-corrected chi connectivity index (χ1v) is 5.37. The third kappa shape index (κ3) is 4.31. The Kier molecular flexibility index (Phi) is 4.27. The number of aromatic nitrogens is 1. The van der Waals surface area contributed by atoms with Gasteiger partial charge in [-0.05, 0) is 7.05 Å². The second kappa shape index (κ2) is 5.26. The van der Waals surface area contributed by atoms with E-state index in [9.17, 15) is 0 Å². The van der Waals surface area contributed by atoms with Crippen LogP contribution in [0.3, 0.4) is 0 Å². The van der Waals surface area contributed by atoms with Crippen molar-refractivity contribution in [2.75, 3.05) is 13.6 Å². The van der Waals surface area contributed by atoms with Crippen molar-refractivity contribution in [2.24, 2.45) is 5.73 Å². The van der Waals surface area contributed by atoms with E-state index < -0.39 is 0 Å². The van der Waals surface area contributed by atoms with Gasteiger partial charge in [0.15, 0.2) is 0 Å². The summed E-state index contributed by atoms with van der Waals surface area (Å²) in [5.41, 5.74) is 8.36. The summed E-state index contributed by atoms with van der Waals surface area (Å²) in [5, 5.41) is 2.05. The molecule has 0 fully saturated rings. The van der Waals surface area contributed by atoms with Gasteiger partial charge in [0.25, 0.3) is 0 Å². The van der Waals surface area contributed by atoms with Crippen LogP contribution in [0.25, 0.3) is 0 Å². The standard InChI is InChI=1S/C8H13N3S2/c1-11(3-2-8(9)12)4-7-5-13-6-10-7/h5-6H,2-4H2,1H3,(H2,9,12). The summed E-state index contributed by atoms with van der Waals surface area (Å²) < 4.78 is 0. The predicted octanol–water partition coefficient (Wildman–Crippen LogP) is 1.25. The molecule has 0 spiro atoms. The van der Waals surface area contributed by atoms with Crippen molar-refractivity contribution in [1.82, 2.24) is 9.88 Å². The fraction of sp³-hybridized carbons (Fsp3) is 0.500. The van der Waals surface area contributed by atoms with Gasteiger partial charge in [-0.25, -0.2) is 4.98 Å². The van der Waals surface area contributed by atoms with Gasteiger partial charge >= 0.3 is 0 Å². The number of thiazole rings is 1. The quantitative estimate of drug-likeness (QED) is 0.751. The van der Waals surface area contributed by atoms with Crippen LogP contribution in [0, 0.1) is 0 Å². The van der Waals surface area contributed by atoms with Gasteiger partial charge in [0.2, 0.25) is 0 Å². The molecule has 0 bridgehead atoms. The summed E-state index contributed by atoms with van der Waals surface area (Å²) in [4.78, 5) is 6.93. The molecule has 0 atom stereocenters. The molecule has 0 saturated carbocycles. The highest BCUT2D eigenvalue weighted by atomic mass is 32.1. The van der Waals surface area contributed by atoms with Crippen LogP contribution >= 0.6 is 23.6 Å². The van der Waals surface area contributed by atoms with E-state index in [-0.39, 0.29) is 0 Å². The van der Waals surface area contributed by atoms with E-state index in [1.807, 2.05) is 12.6 Å². The van der Waals surface area contributed by atoms with Gasteiger partial charge in [-0.1, -0.05) is 12.2 Å². The predicted molar refractivity (Wildman–Crippen MR) is 59.9 cm³/mol. The van der Waals surface area contributed by atoms with Gasteiger partial charge in [0, 0.05) is 24.9 Å². The lowest BCUT2D eigenvalue weighted by Crippen LogP contribution is -2.23. The monoisotopic (exact) mass is 215 g/mol. The van der Waals surface area contributed by atoms with E-state index in [0.717, 1.165) is 25.2 Å². The van der Waals surface area contributed by atoms with Crippen molar-refractivity contribution in [3.05, 3.63) is 16.6 Å². The van der Waals surface area contributed by atoms with Crippen LogP contribution in [0.15, 0.2) is 10.9 Å². The second-order valence-corrected chi connectivity index (χ2v) is 4.18. The van der Waals surface area contributed by atoms with Gasteiger partial charge in [-0.2, -0.15) is 0 Å². The molecule has 0 amide bonds. The smallest absolute Gasteiger partial charge is 0.0795 e. The molecule has 0 unspecified atom stereocenters. The van der Waals surface area contributed by atoms with Gasteiger partial charge in [0.1, 0.15) is 0 Å². The molecule has 3 nitrogen and oxygen atoms in total. The van der Waals surface area contributed by atoms with Crippen LogP contribution in [0.1, 0.15) is 12.1 Å². The Morgan fingerprint density at radius 3 is 3.08 bits per heavy atom. The molecule has 0 aromatic carbocycles. The maximum Gasteiger partial charge on any atom is 0.0795 e. The van der Waals surface area contributed by atoms with Crippen LogP contribution in [0.5, 0.6) is 0 Å². The summed E-state index contributed by atoms with van der Waals surface area (Å²) in [6.07, 6.45) is 0.774. The van der Waals surface area contributed by atoms with Crippen molar-refractivity contribution in [3.63, 3.8) is 0 Å². The van der Waals surface area contributed by atoms with Gasteiger partial charge < -0.3 is 10.6 Å². The molecule has 2 N–H and O–H groups in total. The Labute approximate surface area is 87.6 Å². The zero-order valence-corrected chi connectivity index (χ0v) is 9.20. The summed E-state index contributed by atoms with van der Waals surface area (Å²) in [6, 6.07) is 0. The highest BCUT2D eigenvalue weighted by Crippen LogP contribution is 2.04. The molecule has 0 radical (unpaired) electrons. The Morgan fingerprint density at radius 2 is 2.54 bits per heavy atom. The van der Waals surface area contributed by atoms with Crippen LogP contribution in [0.2, 0.25) is 0 Å². The minimum absolute atomic E-state index is 0.574. The minimum Gasteiger partial charge on any atom is -0.393 e. The second-order valence-electron chi connectivity index (χ2n) is 2.93. The Hall–Kier alpha value is -0.520. The average molecular weight is 215 g/mol. The van der Waals surface area contributed by atoms with E-state index in [1.54, 1.807) is 11.3 Å². The van der Waals surface area contributed by atoms with Crippen LogP contribution < -0.4 is 5.73 Å². The minimum atomic E-state index is 0.574. The molecule has 5 heteroatoms. The maximum absolute atomic E-state index is 5.41. The molecule has 1 rings (SSSR count). The third-order valence-electron chi connectivity index (χ3n) is 1.66. The topological polar surface area (TPSA) is 42.1 Å². The molecule has 0 aliphatic rings.